The van der Waals surface area contributed by atoms with Gasteiger partial charge in [-0.25, -0.2) is 0 Å². The first-order valence-electron chi connectivity index (χ1n) is 6.49. The summed E-state index contributed by atoms with van der Waals surface area (Å²) in [7, 11) is 0. The van der Waals surface area contributed by atoms with Crippen molar-refractivity contribution in [2.75, 3.05) is 13.2 Å². The van der Waals surface area contributed by atoms with Crippen LogP contribution in [0.3, 0.4) is 0 Å². The predicted molar refractivity (Wildman–Crippen MR) is 65.4 cm³/mol. The third-order valence-electron chi connectivity index (χ3n) is 3.63. The Balaban J connectivity index is 1.73. The zero-order chi connectivity index (χ0) is 12.1. The molecule has 0 radical (unpaired) electrons. The van der Waals surface area contributed by atoms with Gasteiger partial charge in [-0.15, -0.1) is 0 Å². The number of hydrogen-bond acceptors (Lipinski definition) is 4. The fourth-order valence-electron chi connectivity index (χ4n) is 2.62. The fourth-order valence-corrected chi connectivity index (χ4v) is 2.62. The smallest absolute Gasteiger partial charge is 0.134 e. The van der Waals surface area contributed by atoms with E-state index in [1.807, 2.05) is 13.0 Å². The van der Waals surface area contributed by atoms with Gasteiger partial charge in [0, 0.05) is 6.07 Å². The number of hydrogen-bond donors (Lipinski definition) is 1. The quantitative estimate of drug-likeness (QED) is 0.854. The van der Waals surface area contributed by atoms with Crippen LogP contribution in [0.5, 0.6) is 0 Å². The van der Waals surface area contributed by atoms with Crippen molar-refractivity contribution in [3.63, 3.8) is 0 Å². The summed E-state index contributed by atoms with van der Waals surface area (Å²) in [6, 6.07) is 1.92. The van der Waals surface area contributed by atoms with Crippen LogP contribution in [0, 0.1) is 18.8 Å². The van der Waals surface area contributed by atoms with Crippen LogP contribution in [0.15, 0.2) is 10.6 Å². The van der Waals surface area contributed by atoms with E-state index in [-0.39, 0.29) is 0 Å². The van der Waals surface area contributed by atoms with Crippen molar-refractivity contribution >= 4 is 0 Å². The van der Waals surface area contributed by atoms with E-state index in [0.717, 1.165) is 24.6 Å². The van der Waals surface area contributed by atoms with Crippen molar-refractivity contribution in [1.82, 2.24) is 5.16 Å². The lowest BCUT2D eigenvalue weighted by molar-refractivity contribution is 0.0485. The summed E-state index contributed by atoms with van der Waals surface area (Å²) in [6.45, 7) is 4.03. The SMILES string of the molecule is Cc1cc(COCC2CCCCC2CN)no1. The molecule has 17 heavy (non-hydrogen) atoms. The fraction of sp³-hybridized carbons (Fsp3) is 0.769. The van der Waals surface area contributed by atoms with Gasteiger partial charge in [0.05, 0.1) is 13.2 Å². The van der Waals surface area contributed by atoms with Crippen molar-refractivity contribution in [3.8, 4) is 0 Å². The van der Waals surface area contributed by atoms with Crippen molar-refractivity contribution in [2.45, 2.75) is 39.2 Å². The molecular weight excluding hydrogens is 216 g/mol. The maximum absolute atomic E-state index is 5.80. The van der Waals surface area contributed by atoms with Gasteiger partial charge >= 0.3 is 0 Å². The monoisotopic (exact) mass is 238 g/mol. The van der Waals surface area contributed by atoms with Crippen LogP contribution in [-0.2, 0) is 11.3 Å². The average Bonchev–Trinajstić information content (AvgIpc) is 2.76. The Labute approximate surface area is 102 Å². The summed E-state index contributed by atoms with van der Waals surface area (Å²) in [6.07, 6.45) is 5.14. The molecule has 0 bridgehead atoms. The second-order valence-electron chi connectivity index (χ2n) is 4.98. The van der Waals surface area contributed by atoms with Crippen molar-refractivity contribution < 1.29 is 9.26 Å². The molecule has 4 nitrogen and oxygen atoms in total. The number of aromatic nitrogens is 1. The minimum absolute atomic E-state index is 0.547. The van der Waals surface area contributed by atoms with Gasteiger partial charge in [-0.2, -0.15) is 0 Å². The minimum Gasteiger partial charge on any atom is -0.375 e. The molecule has 1 saturated carbocycles. The summed E-state index contributed by atoms with van der Waals surface area (Å²) in [4.78, 5) is 0. The lowest BCUT2D eigenvalue weighted by atomic mass is 9.80. The summed E-state index contributed by atoms with van der Waals surface area (Å²) < 4.78 is 10.7. The highest BCUT2D eigenvalue weighted by molar-refractivity contribution is 5.01. The van der Waals surface area contributed by atoms with E-state index in [1.54, 1.807) is 0 Å². The second-order valence-corrected chi connectivity index (χ2v) is 4.98. The van der Waals surface area contributed by atoms with Crippen LogP contribution in [-0.4, -0.2) is 18.3 Å². The third-order valence-corrected chi connectivity index (χ3v) is 3.63. The highest BCUT2D eigenvalue weighted by Crippen LogP contribution is 2.29. The van der Waals surface area contributed by atoms with Crippen molar-refractivity contribution in [3.05, 3.63) is 17.5 Å². The predicted octanol–water partition coefficient (Wildman–Crippen LogP) is 2.26. The zero-order valence-electron chi connectivity index (χ0n) is 10.5. The molecule has 2 N–H and O–H groups in total. The molecule has 1 aliphatic rings. The highest BCUT2D eigenvalue weighted by atomic mass is 16.5. The normalized spacial score (nSPS) is 25.1. The van der Waals surface area contributed by atoms with E-state index in [4.69, 9.17) is 15.0 Å². The third kappa shape index (κ3) is 3.54. The Kier molecular flexibility index (Phi) is 4.57. The summed E-state index contributed by atoms with van der Waals surface area (Å²) in [5, 5.41) is 3.91. The molecule has 2 atom stereocenters. The molecule has 0 aliphatic heterocycles. The molecule has 1 aliphatic carbocycles. The molecule has 2 rings (SSSR count). The number of ether oxygens (including phenoxy) is 1. The summed E-state index contributed by atoms with van der Waals surface area (Å²) >= 11 is 0. The van der Waals surface area contributed by atoms with E-state index in [0.29, 0.717) is 18.4 Å². The second kappa shape index (κ2) is 6.17. The average molecular weight is 238 g/mol. The van der Waals surface area contributed by atoms with Crippen LogP contribution in [0.2, 0.25) is 0 Å². The number of rotatable bonds is 5. The topological polar surface area (TPSA) is 61.3 Å². The maximum atomic E-state index is 5.80. The zero-order valence-corrected chi connectivity index (χ0v) is 10.5. The van der Waals surface area contributed by atoms with Crippen molar-refractivity contribution in [2.24, 2.45) is 17.6 Å². The van der Waals surface area contributed by atoms with Gasteiger partial charge in [-0.3, -0.25) is 0 Å². The highest BCUT2D eigenvalue weighted by Gasteiger charge is 2.23. The molecule has 1 fully saturated rings. The first-order valence-corrected chi connectivity index (χ1v) is 6.49. The molecule has 2 unspecified atom stereocenters. The minimum atomic E-state index is 0.547. The Bertz CT molecular complexity index is 338. The standard InChI is InChI=1S/C13H22N2O2/c1-10-6-13(15-17-10)9-16-8-12-5-3-2-4-11(12)7-14/h6,11-12H,2-5,7-9,14H2,1H3. The molecule has 4 heteroatoms. The van der Waals surface area contributed by atoms with Gasteiger partial charge in [0.2, 0.25) is 0 Å². The van der Waals surface area contributed by atoms with Crippen LogP contribution in [0.1, 0.15) is 37.1 Å². The van der Waals surface area contributed by atoms with Gasteiger partial charge in [0.1, 0.15) is 11.5 Å². The molecule has 1 heterocycles. The van der Waals surface area contributed by atoms with E-state index in [1.165, 1.54) is 25.7 Å². The molecule has 1 aromatic heterocycles. The molecule has 1 aromatic rings. The first kappa shape index (κ1) is 12.6. The van der Waals surface area contributed by atoms with Gasteiger partial charge in [0.25, 0.3) is 0 Å². The lowest BCUT2D eigenvalue weighted by Gasteiger charge is -2.30. The van der Waals surface area contributed by atoms with Crippen LogP contribution >= 0.6 is 0 Å². The Morgan fingerprint density at radius 1 is 1.41 bits per heavy atom. The summed E-state index contributed by atoms with van der Waals surface area (Å²) in [5.74, 6) is 2.10. The molecule has 0 spiro atoms. The molecule has 0 saturated heterocycles. The van der Waals surface area contributed by atoms with Gasteiger partial charge in [-0.1, -0.05) is 18.0 Å². The van der Waals surface area contributed by atoms with Gasteiger partial charge in [-0.05, 0) is 38.1 Å². The van der Waals surface area contributed by atoms with E-state index in [9.17, 15) is 0 Å². The van der Waals surface area contributed by atoms with Crippen molar-refractivity contribution in [1.29, 1.82) is 0 Å². The largest absolute Gasteiger partial charge is 0.375 e. The molecular formula is C13H22N2O2. The van der Waals surface area contributed by atoms with Crippen LogP contribution in [0.25, 0.3) is 0 Å². The van der Waals surface area contributed by atoms with Crippen LogP contribution < -0.4 is 5.73 Å². The lowest BCUT2D eigenvalue weighted by Crippen LogP contribution is -2.29. The number of nitrogens with zero attached hydrogens (tertiary/aromatic N) is 1. The Morgan fingerprint density at radius 3 is 2.82 bits per heavy atom. The first-order chi connectivity index (χ1) is 8.29. The summed E-state index contributed by atoms with van der Waals surface area (Å²) in [5.41, 5.74) is 6.67. The number of nitrogens with two attached hydrogens (primary N) is 1. The number of aryl methyl sites for hydroxylation is 1. The maximum Gasteiger partial charge on any atom is 0.134 e. The molecule has 0 aromatic carbocycles. The Morgan fingerprint density at radius 2 is 2.18 bits per heavy atom. The van der Waals surface area contributed by atoms with Gasteiger partial charge in [0.15, 0.2) is 0 Å². The van der Waals surface area contributed by atoms with Gasteiger partial charge < -0.3 is 15.0 Å². The Hall–Kier alpha value is -0.870. The van der Waals surface area contributed by atoms with E-state index in [2.05, 4.69) is 5.16 Å². The van der Waals surface area contributed by atoms with E-state index < -0.39 is 0 Å². The van der Waals surface area contributed by atoms with Crippen LogP contribution in [0.4, 0.5) is 0 Å². The van der Waals surface area contributed by atoms with E-state index >= 15 is 0 Å². The molecule has 0 amide bonds. The molecule has 96 valence electrons.